The fraction of sp³-hybridized carbons (Fsp3) is 0.500. The Labute approximate surface area is 171 Å². The molecule has 1 aliphatic carbocycles. The zero-order chi connectivity index (χ0) is 20.7. The first kappa shape index (κ1) is 20.5. The van der Waals surface area contributed by atoms with E-state index in [1.54, 1.807) is 0 Å². The fourth-order valence-corrected chi connectivity index (χ4v) is 4.81. The molecule has 0 unspecified atom stereocenters. The SMILES string of the molecule is Cc1ccc(Cc2cc([C@@H]3O[C@H](CO)[C@H](O)[C@H](O)[C@@H]3O)c(C)c3c2CCC3)cc1. The van der Waals surface area contributed by atoms with Crippen molar-refractivity contribution in [3.63, 3.8) is 0 Å². The Morgan fingerprint density at radius 3 is 2.31 bits per heavy atom. The maximum absolute atomic E-state index is 10.6. The van der Waals surface area contributed by atoms with E-state index in [-0.39, 0.29) is 0 Å². The molecule has 0 bridgehead atoms. The summed E-state index contributed by atoms with van der Waals surface area (Å²) in [7, 11) is 0. The summed E-state index contributed by atoms with van der Waals surface area (Å²) in [5.74, 6) is 0. The van der Waals surface area contributed by atoms with Crippen molar-refractivity contribution in [3.8, 4) is 0 Å². The molecule has 0 radical (unpaired) electrons. The van der Waals surface area contributed by atoms with Crippen LogP contribution in [0.5, 0.6) is 0 Å². The predicted octanol–water partition coefficient (Wildman–Crippen LogP) is 1.90. The Morgan fingerprint density at radius 1 is 0.931 bits per heavy atom. The Bertz CT molecular complexity index is 874. The Hall–Kier alpha value is -1.76. The summed E-state index contributed by atoms with van der Waals surface area (Å²) in [6.07, 6.45) is -1.69. The van der Waals surface area contributed by atoms with Gasteiger partial charge in [-0.15, -0.1) is 0 Å². The Balaban J connectivity index is 1.75. The van der Waals surface area contributed by atoms with Crippen molar-refractivity contribution in [1.82, 2.24) is 0 Å². The normalized spacial score (nSPS) is 29.1. The average molecular weight is 398 g/mol. The van der Waals surface area contributed by atoms with Gasteiger partial charge in [0.1, 0.15) is 30.5 Å². The second kappa shape index (κ2) is 8.17. The van der Waals surface area contributed by atoms with Crippen LogP contribution in [-0.4, -0.2) is 51.4 Å². The molecule has 29 heavy (non-hydrogen) atoms. The van der Waals surface area contributed by atoms with Crippen LogP contribution in [0.25, 0.3) is 0 Å². The van der Waals surface area contributed by atoms with Crippen molar-refractivity contribution in [2.45, 2.75) is 70.1 Å². The zero-order valence-electron chi connectivity index (χ0n) is 17.0. The lowest BCUT2D eigenvalue weighted by molar-refractivity contribution is -0.231. The van der Waals surface area contributed by atoms with Gasteiger partial charge in [-0.25, -0.2) is 0 Å². The molecule has 5 atom stereocenters. The fourth-order valence-electron chi connectivity index (χ4n) is 4.81. The molecule has 1 saturated heterocycles. The highest BCUT2D eigenvalue weighted by Crippen LogP contribution is 2.39. The number of benzene rings is 2. The number of hydrogen-bond acceptors (Lipinski definition) is 5. The molecule has 5 nitrogen and oxygen atoms in total. The van der Waals surface area contributed by atoms with Gasteiger partial charge >= 0.3 is 0 Å². The van der Waals surface area contributed by atoms with Crippen LogP contribution in [0.3, 0.4) is 0 Å². The maximum Gasteiger partial charge on any atom is 0.113 e. The summed E-state index contributed by atoms with van der Waals surface area (Å²) in [6.45, 7) is 3.70. The van der Waals surface area contributed by atoms with E-state index in [0.717, 1.165) is 36.8 Å². The third-order valence-electron chi connectivity index (χ3n) is 6.53. The van der Waals surface area contributed by atoms with Crippen LogP contribution >= 0.6 is 0 Å². The van der Waals surface area contributed by atoms with E-state index < -0.39 is 37.1 Å². The van der Waals surface area contributed by atoms with Gasteiger partial charge in [0.25, 0.3) is 0 Å². The lowest BCUT2D eigenvalue weighted by atomic mass is 9.84. The van der Waals surface area contributed by atoms with Gasteiger partial charge in [-0.3, -0.25) is 0 Å². The van der Waals surface area contributed by atoms with E-state index in [1.165, 1.54) is 27.8 Å². The van der Waals surface area contributed by atoms with E-state index in [2.05, 4.69) is 37.3 Å². The quantitative estimate of drug-likeness (QED) is 0.632. The Morgan fingerprint density at radius 2 is 1.62 bits per heavy atom. The summed E-state index contributed by atoms with van der Waals surface area (Å²) in [5.41, 5.74) is 8.29. The zero-order valence-corrected chi connectivity index (χ0v) is 17.0. The molecule has 2 aliphatic rings. The molecule has 5 heteroatoms. The van der Waals surface area contributed by atoms with Crippen LogP contribution in [0.15, 0.2) is 30.3 Å². The van der Waals surface area contributed by atoms with Crippen LogP contribution in [0, 0.1) is 13.8 Å². The molecule has 0 saturated carbocycles. The number of ether oxygens (including phenoxy) is 1. The van der Waals surface area contributed by atoms with Gasteiger partial charge in [-0.2, -0.15) is 0 Å². The number of rotatable bonds is 4. The summed E-state index contributed by atoms with van der Waals surface area (Å²) in [6, 6.07) is 10.6. The first-order valence-corrected chi connectivity index (χ1v) is 10.4. The van der Waals surface area contributed by atoms with Gasteiger partial charge in [0.2, 0.25) is 0 Å². The first-order chi connectivity index (χ1) is 13.9. The van der Waals surface area contributed by atoms with Crippen molar-refractivity contribution in [2.75, 3.05) is 6.61 Å². The highest BCUT2D eigenvalue weighted by atomic mass is 16.5. The smallest absolute Gasteiger partial charge is 0.113 e. The molecular formula is C24H30O5. The Kier molecular flexibility index (Phi) is 5.78. The third kappa shape index (κ3) is 3.74. The van der Waals surface area contributed by atoms with Crippen LogP contribution in [0.2, 0.25) is 0 Å². The monoisotopic (exact) mass is 398 g/mol. The van der Waals surface area contributed by atoms with Crippen LogP contribution in [0.4, 0.5) is 0 Å². The van der Waals surface area contributed by atoms with E-state index in [9.17, 15) is 20.4 Å². The summed E-state index contributed by atoms with van der Waals surface area (Å²) >= 11 is 0. The highest BCUT2D eigenvalue weighted by molar-refractivity contribution is 5.50. The molecule has 1 heterocycles. The van der Waals surface area contributed by atoms with Crippen molar-refractivity contribution in [3.05, 3.63) is 69.3 Å². The molecule has 1 aliphatic heterocycles. The van der Waals surface area contributed by atoms with E-state index in [4.69, 9.17) is 4.74 Å². The van der Waals surface area contributed by atoms with Gasteiger partial charge in [-0.1, -0.05) is 35.9 Å². The summed E-state index contributed by atoms with van der Waals surface area (Å²) in [4.78, 5) is 0. The summed E-state index contributed by atoms with van der Waals surface area (Å²) < 4.78 is 5.87. The molecule has 156 valence electrons. The number of fused-ring (bicyclic) bond motifs is 1. The minimum absolute atomic E-state index is 0.415. The molecule has 0 spiro atoms. The molecule has 0 amide bonds. The second-order valence-corrected chi connectivity index (χ2v) is 8.47. The third-order valence-corrected chi connectivity index (χ3v) is 6.53. The number of aliphatic hydroxyl groups is 4. The molecule has 1 fully saturated rings. The van der Waals surface area contributed by atoms with Crippen LogP contribution < -0.4 is 0 Å². The first-order valence-electron chi connectivity index (χ1n) is 10.4. The molecule has 4 N–H and O–H groups in total. The van der Waals surface area contributed by atoms with E-state index in [1.807, 2.05) is 6.92 Å². The molecule has 4 rings (SSSR count). The van der Waals surface area contributed by atoms with Crippen LogP contribution in [-0.2, 0) is 24.0 Å². The van der Waals surface area contributed by atoms with Crippen LogP contribution in [0.1, 0.15) is 51.5 Å². The van der Waals surface area contributed by atoms with E-state index in [0.29, 0.717) is 0 Å². The molecular weight excluding hydrogens is 368 g/mol. The number of aliphatic hydroxyl groups excluding tert-OH is 4. The van der Waals surface area contributed by atoms with E-state index >= 15 is 0 Å². The largest absolute Gasteiger partial charge is 0.394 e. The standard InChI is InChI=1S/C24H30O5/c1-13-6-8-15(9-7-13)10-16-11-19(14(2)17-4-3-5-18(16)17)24-23(28)22(27)21(26)20(12-25)29-24/h6-9,11,20-28H,3-5,10,12H2,1-2H3/t20-,21+,22+,23+,24+/m1/s1. The van der Waals surface area contributed by atoms with Crippen molar-refractivity contribution in [2.24, 2.45) is 0 Å². The van der Waals surface area contributed by atoms with Crippen molar-refractivity contribution in [1.29, 1.82) is 0 Å². The summed E-state index contributed by atoms with van der Waals surface area (Å²) in [5, 5.41) is 40.6. The van der Waals surface area contributed by atoms with Gasteiger partial charge in [0.15, 0.2) is 0 Å². The highest BCUT2D eigenvalue weighted by Gasteiger charge is 2.44. The lowest BCUT2D eigenvalue weighted by Crippen LogP contribution is -2.55. The maximum atomic E-state index is 10.6. The predicted molar refractivity (Wildman–Crippen MR) is 110 cm³/mol. The second-order valence-electron chi connectivity index (χ2n) is 8.47. The van der Waals surface area contributed by atoms with Gasteiger partial charge in [0, 0.05) is 0 Å². The minimum atomic E-state index is -1.36. The van der Waals surface area contributed by atoms with Crippen molar-refractivity contribution >= 4 is 0 Å². The average Bonchev–Trinajstić information content (AvgIpc) is 3.21. The topological polar surface area (TPSA) is 90.2 Å². The van der Waals surface area contributed by atoms with Gasteiger partial charge < -0.3 is 25.2 Å². The molecule has 0 aromatic heterocycles. The van der Waals surface area contributed by atoms with Crippen molar-refractivity contribution < 1.29 is 25.2 Å². The number of hydrogen-bond donors (Lipinski definition) is 4. The van der Waals surface area contributed by atoms with Gasteiger partial charge in [0.05, 0.1) is 6.61 Å². The lowest BCUT2D eigenvalue weighted by Gasteiger charge is -2.41. The number of aryl methyl sites for hydroxylation is 1. The molecule has 2 aromatic rings. The minimum Gasteiger partial charge on any atom is -0.394 e. The van der Waals surface area contributed by atoms with Gasteiger partial charge in [-0.05, 0) is 72.9 Å². The molecule has 2 aromatic carbocycles.